The highest BCUT2D eigenvalue weighted by Crippen LogP contribution is 2.52. The normalized spacial score (nSPS) is 15.6. The highest BCUT2D eigenvalue weighted by Gasteiger charge is 2.37. The van der Waals surface area contributed by atoms with Crippen LogP contribution >= 0.6 is 11.3 Å². The molecule has 1 aliphatic rings. The zero-order chi connectivity index (χ0) is 43.5. The van der Waals surface area contributed by atoms with E-state index in [1.807, 2.05) is 11.3 Å². The molecule has 0 aliphatic carbocycles. The average molecular weight is 860 g/mol. The zero-order valence-electron chi connectivity index (χ0n) is 36.2. The molecule has 4 heteroatoms. The lowest BCUT2D eigenvalue weighted by Crippen LogP contribution is -2.29. The van der Waals surface area contributed by atoms with E-state index in [1.54, 1.807) is 0 Å². The molecule has 310 valence electrons. The number of benzene rings is 11. The third-order valence-electron chi connectivity index (χ3n) is 14.3. The van der Waals surface area contributed by atoms with Crippen LogP contribution in [0, 0.1) is 5.92 Å². The van der Waals surface area contributed by atoms with Gasteiger partial charge in [0.2, 0.25) is 0 Å². The molecule has 3 heterocycles. The molecule has 0 bridgehead atoms. The smallest absolute Gasteiger partial charge is 0.156 e. The first-order valence-corrected chi connectivity index (χ1v) is 23.9. The monoisotopic (exact) mass is 859 g/mol. The summed E-state index contributed by atoms with van der Waals surface area (Å²) in [5.74, 6) is 0.725. The lowest BCUT2D eigenvalue weighted by molar-refractivity contribution is 0.535. The van der Waals surface area contributed by atoms with E-state index in [2.05, 4.69) is 218 Å². The predicted molar refractivity (Wildman–Crippen MR) is 284 cm³/mol. The molecule has 0 fully saturated rings. The van der Waals surface area contributed by atoms with Crippen LogP contribution < -0.4 is 0 Å². The van der Waals surface area contributed by atoms with Gasteiger partial charge in [0.1, 0.15) is 0 Å². The fourth-order valence-electron chi connectivity index (χ4n) is 11.4. The van der Waals surface area contributed by atoms with Crippen molar-refractivity contribution >= 4 is 119 Å². The van der Waals surface area contributed by atoms with Crippen LogP contribution in [0.1, 0.15) is 36.1 Å². The standard InChI is InChI=1S/C62H41N3S/c1-2-42-58(47-30-15-22-37-17-5-8-24-43(37)47)63-62(49-31-16-23-38-18-6-9-25-44(38)49)64-59(42)56-46-27-11-12-28-48(46)61-57(50-29-13-14-32-54(50)66-61)60(56)65-52-34-33-39-19-7-10-26-45(39)55(52)51-35-40-20-3-4-21-41(40)36-53(51)65/h3-36,42,59H,2H2,1H3. The summed E-state index contributed by atoms with van der Waals surface area (Å²) < 4.78 is 5.21. The maximum atomic E-state index is 6.05. The molecular weight excluding hydrogens is 819 g/mol. The topological polar surface area (TPSA) is 29.6 Å². The maximum absolute atomic E-state index is 6.05. The fraction of sp³-hybridized carbons (Fsp3) is 0.0645. The fourth-order valence-corrected chi connectivity index (χ4v) is 12.7. The van der Waals surface area contributed by atoms with E-state index in [9.17, 15) is 0 Å². The van der Waals surface area contributed by atoms with Crippen molar-refractivity contribution in [3.63, 3.8) is 0 Å². The van der Waals surface area contributed by atoms with Crippen molar-refractivity contribution in [2.75, 3.05) is 0 Å². The summed E-state index contributed by atoms with van der Waals surface area (Å²) in [7, 11) is 0. The van der Waals surface area contributed by atoms with E-state index in [1.165, 1.54) is 107 Å². The van der Waals surface area contributed by atoms with Gasteiger partial charge in [-0.2, -0.15) is 0 Å². The minimum Gasteiger partial charge on any atom is -0.308 e. The Balaban J connectivity index is 1.19. The highest BCUT2D eigenvalue weighted by molar-refractivity contribution is 7.26. The maximum Gasteiger partial charge on any atom is 0.156 e. The summed E-state index contributed by atoms with van der Waals surface area (Å²) in [5, 5.41) is 17.2. The van der Waals surface area contributed by atoms with Gasteiger partial charge in [0.25, 0.3) is 0 Å². The second-order valence-electron chi connectivity index (χ2n) is 17.8. The van der Waals surface area contributed by atoms with Crippen molar-refractivity contribution in [3.05, 3.63) is 223 Å². The van der Waals surface area contributed by atoms with Gasteiger partial charge in [-0.05, 0) is 79.2 Å². The van der Waals surface area contributed by atoms with E-state index in [4.69, 9.17) is 9.98 Å². The number of thiophene rings is 1. The van der Waals surface area contributed by atoms with Gasteiger partial charge in [-0.3, -0.25) is 4.99 Å². The van der Waals surface area contributed by atoms with Gasteiger partial charge in [0, 0.05) is 58.9 Å². The van der Waals surface area contributed by atoms with Crippen molar-refractivity contribution in [2.45, 2.75) is 19.4 Å². The predicted octanol–water partition coefficient (Wildman–Crippen LogP) is 16.9. The summed E-state index contributed by atoms with van der Waals surface area (Å²) in [6.45, 7) is 2.33. The first kappa shape index (κ1) is 37.5. The lowest BCUT2D eigenvalue weighted by atomic mass is 9.79. The number of nitrogens with zero attached hydrogens (tertiary/aromatic N) is 3. The van der Waals surface area contributed by atoms with Gasteiger partial charge in [0.15, 0.2) is 5.84 Å². The van der Waals surface area contributed by atoms with Gasteiger partial charge in [-0.15, -0.1) is 11.3 Å². The van der Waals surface area contributed by atoms with Crippen LogP contribution in [0.25, 0.3) is 102 Å². The minimum atomic E-state index is -0.299. The molecule has 0 spiro atoms. The average Bonchev–Trinajstić information content (AvgIpc) is 3.93. The Hall–Kier alpha value is -7.92. The minimum absolute atomic E-state index is 0.0474. The molecule has 0 saturated heterocycles. The van der Waals surface area contributed by atoms with Crippen LogP contribution in [-0.4, -0.2) is 16.1 Å². The second-order valence-corrected chi connectivity index (χ2v) is 18.9. The van der Waals surface area contributed by atoms with Crippen LogP contribution in [0.4, 0.5) is 0 Å². The molecular formula is C62H41N3S. The molecule has 0 saturated carbocycles. The van der Waals surface area contributed by atoms with Gasteiger partial charge >= 0.3 is 0 Å². The summed E-state index contributed by atoms with van der Waals surface area (Å²) in [6, 6.07) is 75.8. The van der Waals surface area contributed by atoms with E-state index in [0.29, 0.717) is 0 Å². The Labute approximate surface area is 385 Å². The zero-order valence-corrected chi connectivity index (χ0v) is 37.1. The Morgan fingerprint density at radius 3 is 1.74 bits per heavy atom. The summed E-state index contributed by atoms with van der Waals surface area (Å²) in [6.07, 6.45) is 0.845. The summed E-state index contributed by atoms with van der Waals surface area (Å²) >= 11 is 1.91. The number of hydrogen-bond acceptors (Lipinski definition) is 3. The Morgan fingerprint density at radius 1 is 0.455 bits per heavy atom. The largest absolute Gasteiger partial charge is 0.308 e. The third kappa shape index (κ3) is 5.43. The number of aliphatic imine (C=N–C) groups is 2. The molecule has 2 unspecified atom stereocenters. The number of amidine groups is 1. The van der Waals surface area contributed by atoms with Crippen LogP contribution in [0.3, 0.4) is 0 Å². The molecule has 2 aromatic heterocycles. The molecule has 1 aliphatic heterocycles. The second kappa shape index (κ2) is 14.5. The number of fused-ring (bicyclic) bond motifs is 13. The first-order chi connectivity index (χ1) is 32.7. The van der Waals surface area contributed by atoms with Gasteiger partial charge < -0.3 is 4.57 Å². The van der Waals surface area contributed by atoms with Crippen molar-refractivity contribution < 1.29 is 0 Å². The molecule has 14 rings (SSSR count). The molecule has 0 amide bonds. The summed E-state index contributed by atoms with van der Waals surface area (Å²) in [4.78, 5) is 11.8. The molecule has 66 heavy (non-hydrogen) atoms. The van der Waals surface area contributed by atoms with Crippen LogP contribution in [0.2, 0.25) is 0 Å². The van der Waals surface area contributed by atoms with Crippen molar-refractivity contribution in [1.29, 1.82) is 0 Å². The Morgan fingerprint density at radius 2 is 1.02 bits per heavy atom. The highest BCUT2D eigenvalue weighted by atomic mass is 32.1. The van der Waals surface area contributed by atoms with Crippen molar-refractivity contribution in [1.82, 2.24) is 4.57 Å². The first-order valence-electron chi connectivity index (χ1n) is 23.1. The number of hydrogen-bond donors (Lipinski definition) is 0. The summed E-state index contributed by atoms with van der Waals surface area (Å²) in [5.41, 5.74) is 8.12. The Bertz CT molecular complexity index is 4230. The van der Waals surface area contributed by atoms with Crippen LogP contribution in [0.5, 0.6) is 0 Å². The van der Waals surface area contributed by atoms with E-state index >= 15 is 0 Å². The SMILES string of the molecule is CCC1C(c2cccc3ccccc23)=NC(c2cccc3ccccc23)=NC1c1c(-n2c3cc4ccccc4cc3c3c4ccccc4ccc32)c2c3ccccc3sc2c2ccccc12. The van der Waals surface area contributed by atoms with E-state index in [0.717, 1.165) is 28.9 Å². The third-order valence-corrected chi connectivity index (χ3v) is 15.6. The molecule has 11 aromatic carbocycles. The molecule has 2 atom stereocenters. The molecule has 3 nitrogen and oxygen atoms in total. The quantitative estimate of drug-likeness (QED) is 0.165. The van der Waals surface area contributed by atoms with Gasteiger partial charge in [0.05, 0.1) is 28.5 Å². The van der Waals surface area contributed by atoms with E-state index in [-0.39, 0.29) is 12.0 Å². The van der Waals surface area contributed by atoms with Crippen LogP contribution in [0.15, 0.2) is 216 Å². The van der Waals surface area contributed by atoms with Crippen LogP contribution in [-0.2, 0) is 0 Å². The van der Waals surface area contributed by atoms with Gasteiger partial charge in [-0.25, -0.2) is 4.99 Å². The molecule has 13 aromatic rings. The van der Waals surface area contributed by atoms with Crippen molar-refractivity contribution in [3.8, 4) is 5.69 Å². The number of rotatable bonds is 5. The van der Waals surface area contributed by atoms with Crippen molar-refractivity contribution in [2.24, 2.45) is 15.9 Å². The van der Waals surface area contributed by atoms with Gasteiger partial charge in [-0.1, -0.05) is 189 Å². The lowest BCUT2D eigenvalue weighted by Gasteiger charge is -2.33. The Kier molecular flexibility index (Phi) is 8.26. The molecule has 0 N–H and O–H groups in total. The molecule has 0 radical (unpaired) electrons. The van der Waals surface area contributed by atoms with E-state index < -0.39 is 0 Å². The number of aromatic nitrogens is 1.